The van der Waals surface area contributed by atoms with Gasteiger partial charge in [-0.25, -0.2) is 4.98 Å². The molecular formula is C15H26N4S. The van der Waals surface area contributed by atoms with Crippen molar-refractivity contribution in [2.45, 2.75) is 46.6 Å². The van der Waals surface area contributed by atoms with Crippen molar-refractivity contribution in [3.8, 4) is 0 Å². The number of thiazole rings is 1. The van der Waals surface area contributed by atoms with Crippen molar-refractivity contribution in [3.63, 3.8) is 0 Å². The van der Waals surface area contributed by atoms with Crippen molar-refractivity contribution in [1.29, 1.82) is 0 Å². The predicted molar refractivity (Wildman–Crippen MR) is 86.5 cm³/mol. The van der Waals surface area contributed by atoms with Crippen molar-refractivity contribution < 1.29 is 0 Å². The molecule has 1 aromatic heterocycles. The van der Waals surface area contributed by atoms with Gasteiger partial charge in [0.05, 0.1) is 5.01 Å². The van der Waals surface area contributed by atoms with Crippen LogP contribution in [0.2, 0.25) is 0 Å². The van der Waals surface area contributed by atoms with E-state index < -0.39 is 0 Å². The van der Waals surface area contributed by atoms with E-state index in [2.05, 4.69) is 54.8 Å². The highest BCUT2D eigenvalue weighted by Crippen LogP contribution is 2.46. The molecule has 0 aromatic carbocycles. The van der Waals surface area contributed by atoms with Crippen LogP contribution in [0.15, 0.2) is 11.2 Å². The summed E-state index contributed by atoms with van der Waals surface area (Å²) in [6, 6.07) is 0. The zero-order valence-electron chi connectivity index (χ0n) is 13.4. The van der Waals surface area contributed by atoms with Crippen LogP contribution in [0.25, 0.3) is 0 Å². The quantitative estimate of drug-likeness (QED) is 0.688. The van der Waals surface area contributed by atoms with E-state index in [-0.39, 0.29) is 5.54 Å². The molecule has 5 heteroatoms. The minimum atomic E-state index is 0.145. The zero-order chi connectivity index (χ0) is 15.0. The maximum atomic E-state index is 4.42. The second-order valence-corrected chi connectivity index (χ2v) is 7.94. The third-order valence-corrected chi connectivity index (χ3v) is 5.62. The maximum Gasteiger partial charge on any atom is 0.194 e. The second-order valence-electron chi connectivity index (χ2n) is 6.62. The molecule has 0 bridgehead atoms. The van der Waals surface area contributed by atoms with E-state index >= 15 is 0 Å². The average Bonchev–Trinajstić information content (AvgIpc) is 2.78. The van der Waals surface area contributed by atoms with Crippen LogP contribution < -0.4 is 5.32 Å². The Bertz CT molecular complexity index is 502. The van der Waals surface area contributed by atoms with Crippen molar-refractivity contribution in [2.24, 2.45) is 10.4 Å². The Labute approximate surface area is 126 Å². The van der Waals surface area contributed by atoms with E-state index in [1.807, 2.05) is 13.2 Å². The van der Waals surface area contributed by atoms with Gasteiger partial charge in [-0.1, -0.05) is 13.8 Å². The molecular weight excluding hydrogens is 268 g/mol. The van der Waals surface area contributed by atoms with E-state index in [9.17, 15) is 0 Å². The van der Waals surface area contributed by atoms with Gasteiger partial charge in [0.1, 0.15) is 0 Å². The van der Waals surface area contributed by atoms with Crippen LogP contribution >= 0.6 is 11.3 Å². The normalized spacial score (nSPS) is 20.7. The lowest BCUT2D eigenvalue weighted by Crippen LogP contribution is -2.72. The molecule has 1 aliphatic rings. The number of aryl methyl sites for hydroxylation is 1. The minimum absolute atomic E-state index is 0.145. The standard InChI is InChI=1S/C15H26N4S/c1-11-9-18-12(20-11)7-8-17-13(16-6)19-10-14(2,3)15(19,4)5/h9H,7-8,10H2,1-6H3,(H,16,17). The number of hydrogen-bond acceptors (Lipinski definition) is 3. The Morgan fingerprint density at radius 3 is 2.60 bits per heavy atom. The first kappa shape index (κ1) is 15.3. The highest BCUT2D eigenvalue weighted by molar-refractivity contribution is 7.11. The molecule has 0 saturated carbocycles. The topological polar surface area (TPSA) is 40.5 Å². The number of guanidine groups is 1. The van der Waals surface area contributed by atoms with Gasteiger partial charge in [0.15, 0.2) is 5.96 Å². The number of aliphatic imine (C=N–C) groups is 1. The summed E-state index contributed by atoms with van der Waals surface area (Å²) in [4.78, 5) is 12.5. The van der Waals surface area contributed by atoms with Gasteiger partial charge < -0.3 is 10.2 Å². The first-order valence-electron chi connectivity index (χ1n) is 7.17. The Kier molecular flexibility index (Phi) is 4.09. The van der Waals surface area contributed by atoms with Gasteiger partial charge in [-0.05, 0) is 20.8 Å². The molecule has 0 spiro atoms. The molecule has 20 heavy (non-hydrogen) atoms. The molecule has 0 aliphatic carbocycles. The average molecular weight is 294 g/mol. The number of nitrogens with one attached hydrogen (secondary N) is 1. The van der Waals surface area contributed by atoms with Crippen LogP contribution in [-0.2, 0) is 6.42 Å². The van der Waals surface area contributed by atoms with Crippen LogP contribution in [0, 0.1) is 12.3 Å². The van der Waals surface area contributed by atoms with Crippen LogP contribution in [0.4, 0.5) is 0 Å². The van der Waals surface area contributed by atoms with Gasteiger partial charge in [-0.3, -0.25) is 4.99 Å². The lowest BCUT2D eigenvalue weighted by molar-refractivity contribution is -0.0666. The molecule has 4 nitrogen and oxygen atoms in total. The lowest BCUT2D eigenvalue weighted by Gasteiger charge is -2.62. The summed E-state index contributed by atoms with van der Waals surface area (Å²) in [7, 11) is 1.86. The summed E-state index contributed by atoms with van der Waals surface area (Å²) in [6.07, 6.45) is 2.89. The highest BCUT2D eigenvalue weighted by atomic mass is 32.1. The van der Waals surface area contributed by atoms with Crippen molar-refractivity contribution in [1.82, 2.24) is 15.2 Å². The summed E-state index contributed by atoms with van der Waals surface area (Å²) >= 11 is 1.77. The highest BCUT2D eigenvalue weighted by Gasteiger charge is 2.53. The smallest absolute Gasteiger partial charge is 0.194 e. The Morgan fingerprint density at radius 1 is 1.45 bits per heavy atom. The molecule has 2 rings (SSSR count). The molecule has 1 aromatic rings. The molecule has 0 atom stereocenters. The number of likely N-dealkylation sites (tertiary alicyclic amines) is 1. The molecule has 2 heterocycles. The van der Waals surface area contributed by atoms with E-state index in [1.54, 1.807) is 11.3 Å². The van der Waals surface area contributed by atoms with Gasteiger partial charge in [-0.2, -0.15) is 0 Å². The Morgan fingerprint density at radius 2 is 2.15 bits per heavy atom. The summed E-state index contributed by atoms with van der Waals surface area (Å²) < 4.78 is 0. The fourth-order valence-electron chi connectivity index (χ4n) is 2.49. The predicted octanol–water partition coefficient (Wildman–Crippen LogP) is 2.69. The second kappa shape index (κ2) is 5.35. The largest absolute Gasteiger partial charge is 0.356 e. The van der Waals surface area contributed by atoms with Gasteiger partial charge in [-0.15, -0.1) is 11.3 Å². The van der Waals surface area contributed by atoms with E-state index in [0.717, 1.165) is 25.5 Å². The van der Waals surface area contributed by atoms with E-state index in [0.29, 0.717) is 5.41 Å². The third kappa shape index (κ3) is 2.68. The van der Waals surface area contributed by atoms with E-state index in [4.69, 9.17) is 0 Å². The molecule has 1 N–H and O–H groups in total. The monoisotopic (exact) mass is 294 g/mol. The third-order valence-electron chi connectivity index (χ3n) is 4.64. The van der Waals surface area contributed by atoms with Gasteiger partial charge >= 0.3 is 0 Å². The first-order chi connectivity index (χ1) is 9.28. The zero-order valence-corrected chi connectivity index (χ0v) is 14.3. The maximum absolute atomic E-state index is 4.42. The summed E-state index contributed by atoms with van der Waals surface area (Å²) in [5.74, 6) is 1.00. The van der Waals surface area contributed by atoms with Crippen molar-refractivity contribution in [3.05, 3.63) is 16.1 Å². The molecule has 1 aliphatic heterocycles. The lowest BCUT2D eigenvalue weighted by atomic mass is 9.65. The Balaban J connectivity index is 1.88. The fourth-order valence-corrected chi connectivity index (χ4v) is 3.28. The van der Waals surface area contributed by atoms with Crippen LogP contribution in [0.3, 0.4) is 0 Å². The molecule has 112 valence electrons. The molecule has 0 amide bonds. The van der Waals surface area contributed by atoms with Crippen molar-refractivity contribution >= 4 is 17.3 Å². The van der Waals surface area contributed by atoms with Crippen molar-refractivity contribution in [2.75, 3.05) is 20.1 Å². The van der Waals surface area contributed by atoms with Crippen LogP contribution in [0.1, 0.15) is 37.6 Å². The van der Waals surface area contributed by atoms with Gasteiger partial charge in [0, 0.05) is 48.6 Å². The summed E-state index contributed by atoms with van der Waals surface area (Å²) in [5, 5.41) is 4.65. The summed E-state index contributed by atoms with van der Waals surface area (Å²) in [6.45, 7) is 13.2. The first-order valence-corrected chi connectivity index (χ1v) is 7.99. The number of hydrogen-bond donors (Lipinski definition) is 1. The fraction of sp³-hybridized carbons (Fsp3) is 0.733. The summed E-state index contributed by atoms with van der Waals surface area (Å²) in [5.41, 5.74) is 0.476. The number of rotatable bonds is 3. The molecule has 0 radical (unpaired) electrons. The minimum Gasteiger partial charge on any atom is -0.356 e. The van der Waals surface area contributed by atoms with Gasteiger partial charge in [0.25, 0.3) is 0 Å². The SMILES string of the molecule is CN=C(NCCc1ncc(C)s1)N1CC(C)(C)C1(C)C. The number of nitrogens with zero attached hydrogens (tertiary/aromatic N) is 3. The molecule has 0 unspecified atom stereocenters. The van der Waals surface area contributed by atoms with Crippen LogP contribution in [0.5, 0.6) is 0 Å². The Hall–Kier alpha value is -1.10. The van der Waals surface area contributed by atoms with E-state index in [1.165, 1.54) is 9.88 Å². The molecule has 1 saturated heterocycles. The number of aromatic nitrogens is 1. The molecule has 1 fully saturated rings. The van der Waals surface area contributed by atoms with Gasteiger partial charge in [0.2, 0.25) is 0 Å². The van der Waals surface area contributed by atoms with Crippen LogP contribution in [-0.4, -0.2) is 41.5 Å².